The molecule has 1 aliphatic rings. The maximum Gasteiger partial charge on any atom is 0.0354 e. The lowest BCUT2D eigenvalue weighted by atomic mass is 9.94. The summed E-state index contributed by atoms with van der Waals surface area (Å²) in [5.74, 6) is 0. The predicted molar refractivity (Wildman–Crippen MR) is 97.0 cm³/mol. The fourth-order valence-electron chi connectivity index (χ4n) is 2.92. The molecule has 120 valence electrons. The van der Waals surface area contributed by atoms with Crippen molar-refractivity contribution in [1.82, 2.24) is 10.2 Å². The molecule has 0 aliphatic carbocycles. The molecule has 2 nitrogen and oxygen atoms in total. The van der Waals surface area contributed by atoms with Gasteiger partial charge in [-0.15, -0.1) is 31.4 Å². The molecule has 21 heavy (non-hydrogen) atoms. The molecule has 1 aliphatic heterocycles. The number of hydrogen-bond donors (Lipinski definition) is 1. The van der Waals surface area contributed by atoms with Crippen LogP contribution < -0.4 is 5.32 Å². The van der Waals surface area contributed by atoms with Crippen molar-refractivity contribution in [2.75, 3.05) is 26.2 Å². The monoisotopic (exact) mass is 330 g/mol. The Morgan fingerprint density at radius 2 is 1.90 bits per heavy atom. The van der Waals surface area contributed by atoms with Crippen molar-refractivity contribution in [3.63, 3.8) is 0 Å². The van der Waals surface area contributed by atoms with Gasteiger partial charge in [0.25, 0.3) is 0 Å². The second-order valence-electron chi connectivity index (χ2n) is 5.53. The number of allylic oxidation sites excluding steroid dienone is 1. The zero-order valence-corrected chi connectivity index (χ0v) is 14.7. The number of halogens is 2. The van der Waals surface area contributed by atoms with E-state index in [1.807, 2.05) is 6.08 Å². The maximum absolute atomic E-state index is 3.88. The Balaban J connectivity index is 0.00000200. The van der Waals surface area contributed by atoms with Crippen LogP contribution in [0.2, 0.25) is 0 Å². The van der Waals surface area contributed by atoms with Crippen LogP contribution in [0, 0.1) is 13.8 Å². The molecule has 1 aromatic rings. The van der Waals surface area contributed by atoms with Crippen molar-refractivity contribution >= 4 is 24.8 Å². The van der Waals surface area contributed by atoms with Crippen molar-refractivity contribution < 1.29 is 0 Å². The summed E-state index contributed by atoms with van der Waals surface area (Å²) in [5, 5.41) is 3.44. The highest BCUT2D eigenvalue weighted by atomic mass is 35.5. The molecule has 1 fully saturated rings. The summed E-state index contributed by atoms with van der Waals surface area (Å²) in [6, 6.07) is 7.38. The van der Waals surface area contributed by atoms with E-state index in [4.69, 9.17) is 0 Å². The Labute approximate surface area is 141 Å². The van der Waals surface area contributed by atoms with Gasteiger partial charge in [0.2, 0.25) is 0 Å². The third kappa shape index (κ3) is 5.63. The van der Waals surface area contributed by atoms with Gasteiger partial charge in [-0.05, 0) is 37.8 Å². The standard InChI is InChI=1S/C17H26N2.2ClH/c1-4-5-6-17(19-11-9-18-10-12-19)16-13-14(2)7-8-15(16)3;;/h4,7-8,13,17-18H,1,5-6,9-12H2,2-3H3;2*1H/t17-;;/m1../s1. The van der Waals surface area contributed by atoms with Gasteiger partial charge >= 0.3 is 0 Å². The lowest BCUT2D eigenvalue weighted by Gasteiger charge is -2.36. The van der Waals surface area contributed by atoms with Crippen molar-refractivity contribution in [2.24, 2.45) is 0 Å². The van der Waals surface area contributed by atoms with Crippen LogP contribution in [0.3, 0.4) is 0 Å². The van der Waals surface area contributed by atoms with Crippen LogP contribution in [0.15, 0.2) is 30.9 Å². The topological polar surface area (TPSA) is 15.3 Å². The summed E-state index contributed by atoms with van der Waals surface area (Å²) in [7, 11) is 0. The molecule has 0 spiro atoms. The minimum Gasteiger partial charge on any atom is -0.314 e. The van der Waals surface area contributed by atoms with Gasteiger partial charge in [-0.1, -0.05) is 29.8 Å². The van der Waals surface area contributed by atoms with Gasteiger partial charge in [0, 0.05) is 32.2 Å². The minimum atomic E-state index is 0. The normalized spacial score (nSPS) is 16.5. The van der Waals surface area contributed by atoms with Crippen molar-refractivity contribution in [3.05, 3.63) is 47.5 Å². The second-order valence-corrected chi connectivity index (χ2v) is 5.53. The summed E-state index contributed by atoms with van der Waals surface area (Å²) in [5.41, 5.74) is 4.28. The van der Waals surface area contributed by atoms with Crippen LogP contribution in [-0.2, 0) is 0 Å². The Bertz CT molecular complexity index is 429. The van der Waals surface area contributed by atoms with Crippen LogP contribution in [0.1, 0.15) is 35.6 Å². The summed E-state index contributed by atoms with van der Waals surface area (Å²) in [6.07, 6.45) is 4.30. The van der Waals surface area contributed by atoms with E-state index in [0.29, 0.717) is 6.04 Å². The highest BCUT2D eigenvalue weighted by Crippen LogP contribution is 2.29. The Morgan fingerprint density at radius 3 is 2.52 bits per heavy atom. The molecule has 1 aromatic carbocycles. The highest BCUT2D eigenvalue weighted by Gasteiger charge is 2.22. The van der Waals surface area contributed by atoms with Crippen LogP contribution in [-0.4, -0.2) is 31.1 Å². The molecule has 0 unspecified atom stereocenters. The number of benzene rings is 1. The average molecular weight is 331 g/mol. The fourth-order valence-corrected chi connectivity index (χ4v) is 2.92. The number of nitrogens with one attached hydrogen (secondary N) is 1. The molecule has 0 aromatic heterocycles. The van der Waals surface area contributed by atoms with Gasteiger partial charge < -0.3 is 5.32 Å². The smallest absolute Gasteiger partial charge is 0.0354 e. The third-order valence-corrected chi connectivity index (χ3v) is 4.03. The molecule has 1 atom stereocenters. The summed E-state index contributed by atoms with van der Waals surface area (Å²) in [4.78, 5) is 2.63. The van der Waals surface area contributed by atoms with Crippen molar-refractivity contribution in [1.29, 1.82) is 0 Å². The molecule has 1 saturated heterocycles. The summed E-state index contributed by atoms with van der Waals surface area (Å²) >= 11 is 0. The second kappa shape index (κ2) is 10.2. The van der Waals surface area contributed by atoms with Crippen molar-refractivity contribution in [2.45, 2.75) is 32.7 Å². The van der Waals surface area contributed by atoms with E-state index in [2.05, 4.69) is 48.8 Å². The Hall–Kier alpha value is -0.540. The Kier molecular flexibility index (Phi) is 9.97. The van der Waals surface area contributed by atoms with E-state index in [1.54, 1.807) is 0 Å². The third-order valence-electron chi connectivity index (χ3n) is 4.03. The number of aryl methyl sites for hydroxylation is 2. The largest absolute Gasteiger partial charge is 0.314 e. The van der Waals surface area contributed by atoms with Crippen LogP contribution in [0.25, 0.3) is 0 Å². The van der Waals surface area contributed by atoms with E-state index >= 15 is 0 Å². The van der Waals surface area contributed by atoms with Gasteiger partial charge in [0.15, 0.2) is 0 Å². The molecule has 0 amide bonds. The maximum atomic E-state index is 3.88. The summed E-state index contributed by atoms with van der Waals surface area (Å²) in [6.45, 7) is 12.8. The van der Waals surface area contributed by atoms with Gasteiger partial charge in [-0.25, -0.2) is 0 Å². The molecule has 1 heterocycles. The van der Waals surface area contributed by atoms with Crippen LogP contribution in [0.4, 0.5) is 0 Å². The molecule has 0 bridgehead atoms. The molecule has 1 N–H and O–H groups in total. The molecular formula is C17H28Cl2N2. The fraction of sp³-hybridized carbons (Fsp3) is 0.529. The van der Waals surface area contributed by atoms with E-state index in [-0.39, 0.29) is 24.8 Å². The zero-order chi connectivity index (χ0) is 13.7. The Morgan fingerprint density at radius 1 is 1.24 bits per heavy atom. The number of hydrogen-bond acceptors (Lipinski definition) is 2. The quantitative estimate of drug-likeness (QED) is 0.819. The van der Waals surface area contributed by atoms with E-state index in [1.165, 1.54) is 23.1 Å². The summed E-state index contributed by atoms with van der Waals surface area (Å²) < 4.78 is 0. The minimum absolute atomic E-state index is 0. The number of rotatable bonds is 5. The van der Waals surface area contributed by atoms with Crippen LogP contribution >= 0.6 is 24.8 Å². The lowest BCUT2D eigenvalue weighted by Crippen LogP contribution is -2.45. The van der Waals surface area contributed by atoms with Gasteiger partial charge in [0.05, 0.1) is 0 Å². The first-order valence-corrected chi connectivity index (χ1v) is 7.35. The van der Waals surface area contributed by atoms with Gasteiger partial charge in [-0.2, -0.15) is 0 Å². The average Bonchev–Trinajstić information content (AvgIpc) is 2.44. The van der Waals surface area contributed by atoms with E-state index in [0.717, 1.165) is 32.6 Å². The molecule has 2 rings (SSSR count). The molecule has 0 radical (unpaired) electrons. The SMILES string of the molecule is C=CCC[C@H](c1cc(C)ccc1C)N1CCNCC1.Cl.Cl. The van der Waals surface area contributed by atoms with Gasteiger partial charge in [-0.3, -0.25) is 4.90 Å². The lowest BCUT2D eigenvalue weighted by molar-refractivity contribution is 0.165. The number of nitrogens with zero attached hydrogens (tertiary/aromatic N) is 1. The van der Waals surface area contributed by atoms with Gasteiger partial charge in [0.1, 0.15) is 0 Å². The van der Waals surface area contributed by atoms with E-state index in [9.17, 15) is 0 Å². The molecular weight excluding hydrogens is 303 g/mol. The zero-order valence-electron chi connectivity index (χ0n) is 13.1. The number of piperazine rings is 1. The highest BCUT2D eigenvalue weighted by molar-refractivity contribution is 5.85. The predicted octanol–water partition coefficient (Wildman–Crippen LogP) is 4.06. The first kappa shape index (κ1) is 20.5. The molecule has 0 saturated carbocycles. The van der Waals surface area contributed by atoms with E-state index < -0.39 is 0 Å². The van der Waals surface area contributed by atoms with Crippen molar-refractivity contribution in [3.8, 4) is 0 Å². The van der Waals surface area contributed by atoms with Crippen LogP contribution in [0.5, 0.6) is 0 Å². The first-order valence-electron chi connectivity index (χ1n) is 7.35. The molecule has 4 heteroatoms. The first-order chi connectivity index (χ1) is 9.22.